The Labute approximate surface area is 85.2 Å². The van der Waals surface area contributed by atoms with Crippen molar-refractivity contribution >= 4 is 22.8 Å². The first kappa shape index (κ1) is 9.39. The Morgan fingerprint density at radius 1 is 1.43 bits per heavy atom. The Morgan fingerprint density at radius 3 is 3.00 bits per heavy atom. The quantitative estimate of drug-likeness (QED) is 0.574. The van der Waals surface area contributed by atoms with Gasteiger partial charge in [0, 0.05) is 18.8 Å². The second-order valence-corrected chi connectivity index (χ2v) is 3.26. The zero-order valence-corrected chi connectivity index (χ0v) is 8.23. The summed E-state index contributed by atoms with van der Waals surface area (Å²) in [6.07, 6.45) is 0. The van der Waals surface area contributed by atoms with E-state index in [9.17, 15) is 0 Å². The van der Waals surface area contributed by atoms with Crippen molar-refractivity contribution in [2.24, 2.45) is 0 Å². The third-order valence-corrected chi connectivity index (χ3v) is 1.82. The molecular formula is C8H8ClN3O2. The molecule has 2 aromatic rings. The van der Waals surface area contributed by atoms with Crippen LogP contribution in [0.1, 0.15) is 5.56 Å². The molecule has 0 amide bonds. The van der Waals surface area contributed by atoms with Gasteiger partial charge in [0.1, 0.15) is 11.0 Å². The summed E-state index contributed by atoms with van der Waals surface area (Å²) in [6, 6.07) is 5.54. The molecule has 0 saturated carbocycles. The van der Waals surface area contributed by atoms with E-state index in [1.807, 2.05) is 18.2 Å². The fraction of sp³-hybridized carbons (Fsp3) is 0.250. The Morgan fingerprint density at radius 2 is 2.21 bits per heavy atom. The zero-order valence-electron chi connectivity index (χ0n) is 7.48. The summed E-state index contributed by atoms with van der Waals surface area (Å²) in [4.78, 5) is 5.07. The van der Waals surface area contributed by atoms with Gasteiger partial charge in [0.05, 0.1) is 6.61 Å². The predicted molar refractivity (Wildman–Crippen MR) is 50.2 cm³/mol. The molecule has 0 aliphatic carbocycles. The lowest BCUT2D eigenvalue weighted by Gasteiger charge is -2.06. The number of aromatic nitrogens is 2. The molecule has 0 atom stereocenters. The van der Waals surface area contributed by atoms with Crippen molar-refractivity contribution in [3.8, 4) is 0 Å². The minimum Gasteiger partial charge on any atom is -0.279 e. The highest BCUT2D eigenvalue weighted by molar-refractivity contribution is 6.12. The number of rotatable bonds is 3. The number of hydrogen-bond acceptors (Lipinski definition) is 5. The molecule has 1 aromatic carbocycles. The average Bonchev–Trinajstić information content (AvgIpc) is 2.61. The summed E-state index contributed by atoms with van der Waals surface area (Å²) in [7, 11) is 1.61. The van der Waals surface area contributed by atoms with E-state index in [0.717, 1.165) is 15.7 Å². The summed E-state index contributed by atoms with van der Waals surface area (Å²) in [5, 5.41) is 7.41. The second kappa shape index (κ2) is 3.91. The number of fused-ring (bicyclic) bond motifs is 1. The largest absolute Gasteiger partial charge is 0.279 e. The monoisotopic (exact) mass is 213 g/mol. The van der Waals surface area contributed by atoms with Gasteiger partial charge in [-0.25, -0.2) is 4.63 Å². The molecule has 0 saturated heterocycles. The van der Waals surface area contributed by atoms with Crippen molar-refractivity contribution in [2.45, 2.75) is 6.61 Å². The first-order valence-electron chi connectivity index (χ1n) is 3.99. The molecule has 0 radical (unpaired) electrons. The Balaban J connectivity index is 2.17. The standard InChI is InChI=1S/C8H8ClN3O2/c1-12(9)13-5-6-2-3-7-8(4-6)11-14-10-7/h2-4H,5H2,1H3. The molecule has 0 spiro atoms. The van der Waals surface area contributed by atoms with E-state index < -0.39 is 0 Å². The van der Waals surface area contributed by atoms with Crippen molar-refractivity contribution in [1.29, 1.82) is 0 Å². The van der Waals surface area contributed by atoms with Crippen LogP contribution in [-0.2, 0) is 11.4 Å². The second-order valence-electron chi connectivity index (χ2n) is 2.78. The van der Waals surface area contributed by atoms with E-state index in [-0.39, 0.29) is 0 Å². The molecule has 0 bridgehead atoms. The van der Waals surface area contributed by atoms with Crippen LogP contribution in [0.3, 0.4) is 0 Å². The summed E-state index contributed by atoms with van der Waals surface area (Å²) >= 11 is 5.49. The lowest BCUT2D eigenvalue weighted by atomic mass is 10.2. The zero-order chi connectivity index (χ0) is 9.97. The van der Waals surface area contributed by atoms with Crippen LogP contribution in [-0.4, -0.2) is 21.9 Å². The normalized spacial score (nSPS) is 11.4. The van der Waals surface area contributed by atoms with Crippen molar-refractivity contribution in [3.05, 3.63) is 23.8 Å². The lowest BCUT2D eigenvalue weighted by Crippen LogP contribution is -2.05. The third-order valence-electron chi connectivity index (χ3n) is 1.73. The SMILES string of the molecule is CN(Cl)OCc1ccc2nonc2c1. The van der Waals surface area contributed by atoms with Gasteiger partial charge in [0.2, 0.25) is 0 Å². The molecule has 6 heteroatoms. The number of nitrogens with zero attached hydrogens (tertiary/aromatic N) is 3. The van der Waals surface area contributed by atoms with E-state index in [1.165, 1.54) is 0 Å². The van der Waals surface area contributed by atoms with Crippen LogP contribution in [0.2, 0.25) is 0 Å². The van der Waals surface area contributed by atoms with Crippen LogP contribution in [0.15, 0.2) is 22.8 Å². The molecule has 0 N–H and O–H groups in total. The molecule has 0 fully saturated rings. The first-order chi connectivity index (χ1) is 6.75. The summed E-state index contributed by atoms with van der Waals surface area (Å²) < 4.78 is 5.70. The van der Waals surface area contributed by atoms with Crippen LogP contribution in [0.4, 0.5) is 0 Å². The predicted octanol–water partition coefficient (Wildman–Crippen LogP) is 1.74. The van der Waals surface area contributed by atoms with Crippen LogP contribution in [0.25, 0.3) is 11.0 Å². The van der Waals surface area contributed by atoms with Gasteiger partial charge in [0.15, 0.2) is 0 Å². The Kier molecular flexibility index (Phi) is 2.62. The molecule has 2 rings (SSSR count). The van der Waals surface area contributed by atoms with Gasteiger partial charge in [-0.1, -0.05) is 6.07 Å². The van der Waals surface area contributed by atoms with E-state index >= 15 is 0 Å². The van der Waals surface area contributed by atoms with Crippen LogP contribution in [0, 0.1) is 0 Å². The van der Waals surface area contributed by atoms with Gasteiger partial charge in [-0.05, 0) is 28.0 Å². The Bertz CT molecular complexity index is 429. The van der Waals surface area contributed by atoms with Gasteiger partial charge >= 0.3 is 0 Å². The van der Waals surface area contributed by atoms with Crippen molar-refractivity contribution < 1.29 is 9.47 Å². The van der Waals surface area contributed by atoms with Crippen molar-refractivity contribution in [2.75, 3.05) is 7.05 Å². The van der Waals surface area contributed by atoms with Crippen LogP contribution >= 0.6 is 11.8 Å². The fourth-order valence-corrected chi connectivity index (χ4v) is 1.13. The van der Waals surface area contributed by atoms with Crippen LogP contribution < -0.4 is 0 Å². The summed E-state index contributed by atoms with van der Waals surface area (Å²) in [5.41, 5.74) is 2.40. The van der Waals surface area contributed by atoms with Gasteiger partial charge in [-0.3, -0.25) is 4.84 Å². The summed E-state index contributed by atoms with van der Waals surface area (Å²) in [5.74, 6) is 0. The van der Waals surface area contributed by atoms with Crippen molar-refractivity contribution in [1.82, 2.24) is 14.9 Å². The number of hydrogen-bond donors (Lipinski definition) is 0. The van der Waals surface area contributed by atoms with E-state index in [4.69, 9.17) is 16.6 Å². The summed E-state index contributed by atoms with van der Waals surface area (Å²) in [6.45, 7) is 0.392. The van der Waals surface area contributed by atoms with Crippen molar-refractivity contribution in [3.63, 3.8) is 0 Å². The topological polar surface area (TPSA) is 51.4 Å². The molecule has 0 aliphatic heterocycles. The molecule has 0 aliphatic rings. The maximum atomic E-state index is 5.49. The van der Waals surface area contributed by atoms with E-state index in [2.05, 4.69) is 14.9 Å². The van der Waals surface area contributed by atoms with Crippen LogP contribution in [0.5, 0.6) is 0 Å². The number of benzene rings is 1. The third kappa shape index (κ3) is 2.01. The van der Waals surface area contributed by atoms with Gasteiger partial charge in [0.25, 0.3) is 0 Å². The van der Waals surface area contributed by atoms with Gasteiger partial charge < -0.3 is 0 Å². The molecular weight excluding hydrogens is 206 g/mol. The molecule has 14 heavy (non-hydrogen) atoms. The van der Waals surface area contributed by atoms with Gasteiger partial charge in [-0.2, -0.15) is 0 Å². The number of halogens is 1. The first-order valence-corrected chi connectivity index (χ1v) is 4.33. The van der Waals surface area contributed by atoms with Gasteiger partial charge in [-0.15, -0.1) is 4.58 Å². The molecule has 1 aromatic heterocycles. The average molecular weight is 214 g/mol. The molecule has 5 nitrogen and oxygen atoms in total. The highest BCUT2D eigenvalue weighted by Crippen LogP contribution is 2.12. The van der Waals surface area contributed by atoms with E-state index in [0.29, 0.717) is 12.1 Å². The Hall–Kier alpha value is -1.17. The highest BCUT2D eigenvalue weighted by Gasteiger charge is 2.02. The maximum Gasteiger partial charge on any atom is 0.135 e. The number of hydroxylamine groups is 1. The smallest absolute Gasteiger partial charge is 0.135 e. The lowest BCUT2D eigenvalue weighted by molar-refractivity contribution is -0.0762. The van der Waals surface area contributed by atoms with E-state index in [1.54, 1.807) is 7.05 Å². The molecule has 0 unspecified atom stereocenters. The fourth-order valence-electron chi connectivity index (χ4n) is 1.08. The minimum absolute atomic E-state index is 0.392. The molecule has 74 valence electrons. The maximum absolute atomic E-state index is 5.49. The molecule has 1 heterocycles. The highest BCUT2D eigenvalue weighted by atomic mass is 35.5. The minimum atomic E-state index is 0.392.